The third-order valence-corrected chi connectivity index (χ3v) is 8.59. The summed E-state index contributed by atoms with van der Waals surface area (Å²) in [5.41, 5.74) is 7.61. The molecule has 1 saturated carbocycles. The van der Waals surface area contributed by atoms with E-state index in [1.165, 1.54) is 24.5 Å². The topological polar surface area (TPSA) is 101 Å². The molecule has 45 heavy (non-hydrogen) atoms. The Kier molecular flexibility index (Phi) is 7.93. The summed E-state index contributed by atoms with van der Waals surface area (Å²) in [6.45, 7) is 3.66. The van der Waals surface area contributed by atoms with Crippen LogP contribution in [0.1, 0.15) is 60.7 Å². The predicted octanol–water partition coefficient (Wildman–Crippen LogP) is 7.58. The molecule has 6 rings (SSSR count). The van der Waals surface area contributed by atoms with Crippen molar-refractivity contribution in [1.29, 1.82) is 5.26 Å². The molecular weight excluding hydrogens is 608 g/mol. The average molecular weight is 637 g/mol. The van der Waals surface area contributed by atoms with Crippen LogP contribution in [0.4, 0.5) is 28.9 Å². The molecule has 0 saturated heterocycles. The summed E-state index contributed by atoms with van der Waals surface area (Å²) in [4.78, 5) is 8.39. The summed E-state index contributed by atoms with van der Waals surface area (Å²) in [6, 6.07) is 17.3. The molecule has 3 heterocycles. The molecule has 2 aliphatic rings. The van der Waals surface area contributed by atoms with Gasteiger partial charge in [-0.15, -0.1) is 5.53 Å². The highest BCUT2D eigenvalue weighted by molar-refractivity contribution is 6.35. The van der Waals surface area contributed by atoms with Gasteiger partial charge >= 0.3 is 6.18 Å². The molecule has 0 radical (unpaired) electrons. The zero-order valence-electron chi connectivity index (χ0n) is 24.3. The molecule has 232 valence electrons. The van der Waals surface area contributed by atoms with Crippen molar-refractivity contribution < 1.29 is 17.6 Å². The minimum Gasteiger partial charge on any atom is -0.377 e. The highest BCUT2D eigenvalue weighted by atomic mass is 35.5. The van der Waals surface area contributed by atoms with Crippen LogP contribution in [0.15, 0.2) is 72.7 Å². The van der Waals surface area contributed by atoms with Gasteiger partial charge in [-0.25, -0.2) is 4.98 Å². The lowest BCUT2D eigenvalue weighted by atomic mass is 10.0. The Morgan fingerprint density at radius 1 is 1.13 bits per heavy atom. The zero-order chi connectivity index (χ0) is 31.9. The Morgan fingerprint density at radius 3 is 2.53 bits per heavy atom. The van der Waals surface area contributed by atoms with E-state index in [9.17, 15) is 22.8 Å². The Hall–Kier alpha value is -4.60. The maximum atomic E-state index is 14.0. The Bertz CT molecular complexity index is 1820. The third kappa shape index (κ3) is 5.69. The number of aryl methyl sites for hydroxylation is 1. The fraction of sp³-hybridized carbons (Fsp3) is 0.281. The number of nitrogens with one attached hydrogen (secondary N) is 4. The maximum absolute atomic E-state index is 14.0. The molecule has 1 aliphatic carbocycles. The molecule has 8 nitrogen and oxygen atoms in total. The van der Waals surface area contributed by atoms with E-state index in [2.05, 4.69) is 37.6 Å². The standard InChI is InChI=1S/C32H29ClF4N8/c1-3-25(19-7-5-4-6-8-19)42-28-20(15-38)16-39-29-23(28)13-21(14-24(29)33)41-30(22-9-10-27(34)40-18(22)2)26-17-45(44-43-26)31(11-12-31)32(35,36)37/h4-10,13-14,16-17,25,30,41,43-44H,3,11-12H2,1-2H3,(H,39,42)/t25-,30+/m1/s1. The Balaban J connectivity index is 1.43. The molecule has 13 heteroatoms. The number of benzene rings is 2. The number of hydrogen-bond donors (Lipinski definition) is 4. The van der Waals surface area contributed by atoms with Crippen LogP contribution >= 0.6 is 11.6 Å². The van der Waals surface area contributed by atoms with Gasteiger partial charge in [0.05, 0.1) is 39.6 Å². The minimum absolute atomic E-state index is 0.0454. The van der Waals surface area contributed by atoms with Gasteiger partial charge in [0.25, 0.3) is 0 Å². The lowest BCUT2D eigenvalue weighted by Crippen LogP contribution is -2.52. The van der Waals surface area contributed by atoms with Crippen LogP contribution in [0.3, 0.4) is 0 Å². The quantitative estimate of drug-likeness (QED) is 0.110. The number of alkyl halides is 3. The van der Waals surface area contributed by atoms with E-state index >= 15 is 0 Å². The van der Waals surface area contributed by atoms with Gasteiger partial charge in [0.15, 0.2) is 5.54 Å². The number of nitriles is 1. The van der Waals surface area contributed by atoms with E-state index in [1.54, 1.807) is 19.1 Å². The Labute approximate surface area is 262 Å². The summed E-state index contributed by atoms with van der Waals surface area (Å²) in [6.07, 6.45) is -0.962. The predicted molar refractivity (Wildman–Crippen MR) is 164 cm³/mol. The summed E-state index contributed by atoms with van der Waals surface area (Å²) in [7, 11) is 0. The summed E-state index contributed by atoms with van der Waals surface area (Å²) in [5, 5.41) is 18.8. The van der Waals surface area contributed by atoms with Gasteiger partial charge in [-0.1, -0.05) is 54.9 Å². The van der Waals surface area contributed by atoms with Crippen LogP contribution in [0.25, 0.3) is 10.9 Å². The minimum atomic E-state index is -4.44. The van der Waals surface area contributed by atoms with E-state index in [-0.39, 0.29) is 18.9 Å². The van der Waals surface area contributed by atoms with Crippen molar-refractivity contribution in [2.75, 3.05) is 10.6 Å². The van der Waals surface area contributed by atoms with Crippen molar-refractivity contribution in [2.24, 2.45) is 0 Å². The molecule has 2 atom stereocenters. The number of pyridine rings is 2. The highest BCUT2D eigenvalue weighted by Crippen LogP contribution is 2.54. The smallest absolute Gasteiger partial charge is 0.377 e. The first-order valence-corrected chi connectivity index (χ1v) is 14.8. The summed E-state index contributed by atoms with van der Waals surface area (Å²) < 4.78 is 55.8. The van der Waals surface area contributed by atoms with Crippen molar-refractivity contribution in [3.8, 4) is 6.07 Å². The first-order valence-electron chi connectivity index (χ1n) is 14.4. The largest absolute Gasteiger partial charge is 0.413 e. The maximum Gasteiger partial charge on any atom is 0.413 e. The molecule has 0 amide bonds. The molecule has 4 N–H and O–H groups in total. The van der Waals surface area contributed by atoms with Gasteiger partial charge in [-0.2, -0.15) is 22.8 Å². The number of hydrogen-bond acceptors (Lipinski definition) is 8. The molecule has 1 aliphatic heterocycles. The van der Waals surface area contributed by atoms with Crippen molar-refractivity contribution in [3.63, 3.8) is 0 Å². The molecular formula is C32H29ClF4N8. The van der Waals surface area contributed by atoms with Gasteiger partial charge in [-0.3, -0.25) is 9.99 Å². The number of nitrogens with zero attached hydrogens (tertiary/aromatic N) is 4. The zero-order valence-corrected chi connectivity index (χ0v) is 25.1. The van der Waals surface area contributed by atoms with Gasteiger partial charge in [0.1, 0.15) is 6.07 Å². The van der Waals surface area contributed by atoms with Gasteiger partial charge in [0, 0.05) is 34.7 Å². The van der Waals surface area contributed by atoms with E-state index in [4.69, 9.17) is 11.6 Å². The second-order valence-corrected chi connectivity index (χ2v) is 11.5. The number of aromatic nitrogens is 2. The van der Waals surface area contributed by atoms with Crippen LogP contribution < -0.4 is 21.6 Å². The first-order chi connectivity index (χ1) is 21.5. The van der Waals surface area contributed by atoms with E-state index in [0.29, 0.717) is 49.8 Å². The fourth-order valence-electron chi connectivity index (χ4n) is 5.68. The van der Waals surface area contributed by atoms with Crippen molar-refractivity contribution in [1.82, 2.24) is 25.9 Å². The fourth-order valence-corrected chi connectivity index (χ4v) is 5.95. The second-order valence-electron chi connectivity index (χ2n) is 11.1. The molecule has 0 unspecified atom stereocenters. The molecule has 0 spiro atoms. The second kappa shape index (κ2) is 11.7. The highest BCUT2D eigenvalue weighted by Gasteiger charge is 2.67. The van der Waals surface area contributed by atoms with Crippen LogP contribution in [-0.4, -0.2) is 26.7 Å². The monoisotopic (exact) mass is 636 g/mol. The van der Waals surface area contributed by atoms with E-state index < -0.39 is 23.7 Å². The summed E-state index contributed by atoms with van der Waals surface area (Å²) >= 11 is 6.75. The SMILES string of the molecule is CC[C@@H](Nc1c(C#N)cnc2c(Cl)cc(N[C@H](C3=CN(C4(C(F)(F)F)CC4)NN3)c3ccc(F)nc3C)cc12)c1ccccc1. The van der Waals surface area contributed by atoms with Gasteiger partial charge in [0.2, 0.25) is 5.95 Å². The van der Waals surface area contributed by atoms with Gasteiger partial charge in [-0.05, 0) is 49.9 Å². The molecule has 4 aromatic rings. The van der Waals surface area contributed by atoms with Crippen molar-refractivity contribution >= 4 is 33.9 Å². The molecule has 1 fully saturated rings. The number of halogens is 5. The molecule has 2 aromatic heterocycles. The third-order valence-electron chi connectivity index (χ3n) is 8.30. The van der Waals surface area contributed by atoms with E-state index in [0.717, 1.165) is 17.0 Å². The number of rotatable bonds is 9. The van der Waals surface area contributed by atoms with Crippen LogP contribution in [-0.2, 0) is 0 Å². The normalized spacial score (nSPS) is 16.8. The van der Waals surface area contributed by atoms with Crippen LogP contribution in [0.5, 0.6) is 0 Å². The first kappa shape index (κ1) is 30.4. The average Bonchev–Trinajstić information content (AvgIpc) is 3.70. The van der Waals surface area contributed by atoms with E-state index in [1.807, 2.05) is 37.3 Å². The van der Waals surface area contributed by atoms with Crippen molar-refractivity contribution in [2.45, 2.75) is 56.9 Å². The summed E-state index contributed by atoms with van der Waals surface area (Å²) in [5.74, 6) is -0.680. The molecule has 2 aromatic carbocycles. The lowest BCUT2D eigenvalue weighted by molar-refractivity contribution is -0.195. The number of anilines is 2. The van der Waals surface area contributed by atoms with Gasteiger partial charge < -0.3 is 16.1 Å². The van der Waals surface area contributed by atoms with Crippen LogP contribution in [0, 0.1) is 24.2 Å². The number of hydrazine groups is 2. The lowest BCUT2D eigenvalue weighted by Gasteiger charge is -2.28. The van der Waals surface area contributed by atoms with Crippen LogP contribution in [0.2, 0.25) is 5.02 Å². The Morgan fingerprint density at radius 2 is 1.89 bits per heavy atom. The molecule has 0 bridgehead atoms. The number of fused-ring (bicyclic) bond motifs is 1. The van der Waals surface area contributed by atoms with Crippen molar-refractivity contribution in [3.05, 3.63) is 106 Å².